The summed E-state index contributed by atoms with van der Waals surface area (Å²) in [6.45, 7) is 2.10. The first-order chi connectivity index (χ1) is 8.25. The van der Waals surface area contributed by atoms with Crippen molar-refractivity contribution in [2.75, 3.05) is 18.4 Å². The van der Waals surface area contributed by atoms with Gasteiger partial charge in [-0.3, -0.25) is 4.79 Å². The number of primary amides is 1. The van der Waals surface area contributed by atoms with Crippen molar-refractivity contribution < 1.29 is 4.79 Å². The second kappa shape index (κ2) is 5.68. The lowest BCUT2D eigenvalue weighted by atomic mass is 10.1. The summed E-state index contributed by atoms with van der Waals surface area (Å²) >= 11 is 0. The van der Waals surface area contributed by atoms with Gasteiger partial charge < -0.3 is 16.4 Å². The highest BCUT2D eigenvalue weighted by atomic mass is 16.1. The Morgan fingerprint density at radius 2 is 2.18 bits per heavy atom. The monoisotopic (exact) mass is 233 g/mol. The van der Waals surface area contributed by atoms with Crippen molar-refractivity contribution in [3.63, 3.8) is 0 Å². The molecule has 1 aromatic rings. The highest BCUT2D eigenvalue weighted by Gasteiger charge is 2.12. The van der Waals surface area contributed by atoms with Crippen LogP contribution in [0.3, 0.4) is 0 Å². The molecule has 1 aromatic carbocycles. The first kappa shape index (κ1) is 11.9. The third-order valence-corrected chi connectivity index (χ3v) is 3.15. The fraction of sp³-hybridized carbons (Fsp3) is 0.462. The molecule has 1 amide bonds. The minimum absolute atomic E-state index is 0.383. The number of amides is 1. The van der Waals surface area contributed by atoms with E-state index in [1.165, 1.54) is 12.8 Å². The summed E-state index contributed by atoms with van der Waals surface area (Å²) in [5, 5.41) is 6.81. The Hall–Kier alpha value is -1.55. The van der Waals surface area contributed by atoms with Crippen molar-refractivity contribution in [1.29, 1.82) is 0 Å². The molecule has 17 heavy (non-hydrogen) atoms. The van der Waals surface area contributed by atoms with Crippen LogP contribution in [0, 0.1) is 0 Å². The second-order valence-corrected chi connectivity index (χ2v) is 4.45. The molecule has 4 heteroatoms. The maximum atomic E-state index is 10.9. The van der Waals surface area contributed by atoms with Gasteiger partial charge in [-0.2, -0.15) is 0 Å². The normalized spacial score (nSPS) is 19.2. The highest BCUT2D eigenvalue weighted by molar-refractivity contribution is 5.93. The molecule has 1 fully saturated rings. The highest BCUT2D eigenvalue weighted by Crippen LogP contribution is 2.11. The first-order valence-corrected chi connectivity index (χ1v) is 6.13. The molecule has 92 valence electrons. The predicted octanol–water partition coefficient (Wildman–Crippen LogP) is 1.34. The SMILES string of the molecule is NC(=O)c1ccc(NCC[C@H]2CCCN2)cc1. The predicted molar refractivity (Wildman–Crippen MR) is 69.1 cm³/mol. The smallest absolute Gasteiger partial charge is 0.248 e. The topological polar surface area (TPSA) is 67.2 Å². The number of anilines is 1. The minimum Gasteiger partial charge on any atom is -0.385 e. The number of hydrogen-bond acceptors (Lipinski definition) is 3. The van der Waals surface area contributed by atoms with E-state index in [9.17, 15) is 4.79 Å². The Morgan fingerprint density at radius 1 is 1.41 bits per heavy atom. The molecule has 2 rings (SSSR count). The standard InChI is InChI=1S/C13H19N3O/c14-13(17)10-3-5-12(6-4-10)16-9-7-11-2-1-8-15-11/h3-6,11,15-16H,1-2,7-9H2,(H2,14,17)/t11-/m1/s1. The van der Waals surface area contributed by atoms with Crippen LogP contribution in [0.4, 0.5) is 5.69 Å². The molecule has 1 heterocycles. The van der Waals surface area contributed by atoms with E-state index in [0.717, 1.165) is 25.2 Å². The van der Waals surface area contributed by atoms with Gasteiger partial charge in [0.25, 0.3) is 0 Å². The molecular formula is C13H19N3O. The number of carbonyl (C=O) groups is 1. The second-order valence-electron chi connectivity index (χ2n) is 4.45. The lowest BCUT2D eigenvalue weighted by molar-refractivity contribution is 0.100. The zero-order valence-corrected chi connectivity index (χ0v) is 9.91. The van der Waals surface area contributed by atoms with Crippen molar-refractivity contribution in [3.8, 4) is 0 Å². The van der Waals surface area contributed by atoms with Crippen LogP contribution in [-0.2, 0) is 0 Å². The van der Waals surface area contributed by atoms with E-state index in [2.05, 4.69) is 10.6 Å². The molecule has 1 atom stereocenters. The van der Waals surface area contributed by atoms with Gasteiger partial charge >= 0.3 is 0 Å². The Labute approximate surface area is 102 Å². The molecule has 0 unspecified atom stereocenters. The van der Waals surface area contributed by atoms with Crippen molar-refractivity contribution in [2.45, 2.75) is 25.3 Å². The van der Waals surface area contributed by atoms with Gasteiger partial charge in [0.1, 0.15) is 0 Å². The summed E-state index contributed by atoms with van der Waals surface area (Å²) in [6.07, 6.45) is 3.71. The molecule has 4 N–H and O–H groups in total. The van der Waals surface area contributed by atoms with Gasteiger partial charge in [-0.05, 0) is 50.1 Å². The molecule has 4 nitrogen and oxygen atoms in total. The summed E-state index contributed by atoms with van der Waals surface area (Å²) in [4.78, 5) is 10.9. The molecular weight excluding hydrogens is 214 g/mol. The Bertz CT molecular complexity index is 369. The van der Waals surface area contributed by atoms with E-state index in [1.54, 1.807) is 12.1 Å². The third kappa shape index (κ3) is 3.46. The molecule has 1 aliphatic rings. The van der Waals surface area contributed by atoms with Gasteiger partial charge in [0.2, 0.25) is 5.91 Å². The molecule has 0 bridgehead atoms. The number of nitrogens with one attached hydrogen (secondary N) is 2. The molecule has 0 aromatic heterocycles. The van der Waals surface area contributed by atoms with Crippen LogP contribution in [0.1, 0.15) is 29.6 Å². The number of benzene rings is 1. The first-order valence-electron chi connectivity index (χ1n) is 6.13. The zero-order valence-electron chi connectivity index (χ0n) is 9.91. The molecule has 0 saturated carbocycles. The van der Waals surface area contributed by atoms with E-state index in [0.29, 0.717) is 11.6 Å². The number of nitrogens with two attached hydrogens (primary N) is 1. The van der Waals surface area contributed by atoms with Crippen LogP contribution >= 0.6 is 0 Å². The molecule has 1 aliphatic heterocycles. The molecule has 0 radical (unpaired) electrons. The average Bonchev–Trinajstić information content (AvgIpc) is 2.83. The quantitative estimate of drug-likeness (QED) is 0.719. The maximum absolute atomic E-state index is 10.9. The zero-order chi connectivity index (χ0) is 12.1. The van der Waals surface area contributed by atoms with Gasteiger partial charge in [0.15, 0.2) is 0 Å². The van der Waals surface area contributed by atoms with Crippen LogP contribution in [-0.4, -0.2) is 25.0 Å². The minimum atomic E-state index is -0.383. The lowest BCUT2D eigenvalue weighted by Crippen LogP contribution is -2.24. The Balaban J connectivity index is 1.76. The Morgan fingerprint density at radius 3 is 2.76 bits per heavy atom. The van der Waals surface area contributed by atoms with Gasteiger partial charge in [0, 0.05) is 23.8 Å². The fourth-order valence-electron chi connectivity index (χ4n) is 2.15. The van der Waals surface area contributed by atoms with E-state index < -0.39 is 0 Å². The number of rotatable bonds is 5. The summed E-state index contributed by atoms with van der Waals surface area (Å²) < 4.78 is 0. The van der Waals surface area contributed by atoms with Crippen molar-refractivity contribution in [3.05, 3.63) is 29.8 Å². The van der Waals surface area contributed by atoms with Crippen molar-refractivity contribution >= 4 is 11.6 Å². The Kier molecular flexibility index (Phi) is 3.98. The van der Waals surface area contributed by atoms with Crippen molar-refractivity contribution in [2.24, 2.45) is 5.73 Å². The van der Waals surface area contributed by atoms with Crippen LogP contribution < -0.4 is 16.4 Å². The maximum Gasteiger partial charge on any atom is 0.248 e. The van der Waals surface area contributed by atoms with Crippen LogP contribution in [0.25, 0.3) is 0 Å². The summed E-state index contributed by atoms with van der Waals surface area (Å²) in [5.74, 6) is -0.383. The molecule has 1 saturated heterocycles. The lowest BCUT2D eigenvalue weighted by Gasteiger charge is -2.11. The van der Waals surface area contributed by atoms with Crippen LogP contribution in [0.5, 0.6) is 0 Å². The summed E-state index contributed by atoms with van der Waals surface area (Å²) in [6, 6.07) is 7.94. The van der Waals surface area contributed by atoms with Gasteiger partial charge in [-0.1, -0.05) is 0 Å². The van der Waals surface area contributed by atoms with E-state index >= 15 is 0 Å². The summed E-state index contributed by atoms with van der Waals surface area (Å²) in [5.41, 5.74) is 6.76. The number of carbonyl (C=O) groups excluding carboxylic acids is 1. The largest absolute Gasteiger partial charge is 0.385 e. The number of hydrogen-bond donors (Lipinski definition) is 3. The molecule has 0 aliphatic carbocycles. The summed E-state index contributed by atoms with van der Waals surface area (Å²) in [7, 11) is 0. The van der Waals surface area contributed by atoms with E-state index in [4.69, 9.17) is 5.73 Å². The van der Waals surface area contributed by atoms with Crippen LogP contribution in [0.2, 0.25) is 0 Å². The van der Waals surface area contributed by atoms with E-state index in [1.807, 2.05) is 12.1 Å². The average molecular weight is 233 g/mol. The van der Waals surface area contributed by atoms with Gasteiger partial charge in [0.05, 0.1) is 0 Å². The van der Waals surface area contributed by atoms with Crippen LogP contribution in [0.15, 0.2) is 24.3 Å². The van der Waals surface area contributed by atoms with Crippen molar-refractivity contribution in [1.82, 2.24) is 5.32 Å². The molecule has 0 spiro atoms. The third-order valence-electron chi connectivity index (χ3n) is 3.15. The van der Waals surface area contributed by atoms with Gasteiger partial charge in [-0.25, -0.2) is 0 Å². The van der Waals surface area contributed by atoms with E-state index in [-0.39, 0.29) is 5.91 Å². The fourth-order valence-corrected chi connectivity index (χ4v) is 2.15. The van der Waals surface area contributed by atoms with Gasteiger partial charge in [-0.15, -0.1) is 0 Å².